The van der Waals surface area contributed by atoms with Crippen LogP contribution in [0.3, 0.4) is 0 Å². The quantitative estimate of drug-likeness (QED) is 0.833. The number of nitriles is 1. The predicted molar refractivity (Wildman–Crippen MR) is 80.5 cm³/mol. The lowest BCUT2D eigenvalue weighted by molar-refractivity contribution is -0.155. The molecule has 2 bridgehead atoms. The van der Waals surface area contributed by atoms with Gasteiger partial charge in [-0.3, -0.25) is 4.57 Å². The number of hydrogen-bond donors (Lipinski definition) is 0. The summed E-state index contributed by atoms with van der Waals surface area (Å²) in [6.07, 6.45) is 1.90. The molecule has 3 fully saturated rings. The molecule has 0 radical (unpaired) electrons. The maximum absolute atomic E-state index is 13.6. The largest absolute Gasteiger partial charge is 0.371 e. The molecule has 0 N–H and O–H groups in total. The van der Waals surface area contributed by atoms with E-state index in [0.29, 0.717) is 30.7 Å². The van der Waals surface area contributed by atoms with E-state index in [0.717, 1.165) is 6.07 Å². The van der Waals surface area contributed by atoms with Crippen molar-refractivity contribution in [3.05, 3.63) is 51.7 Å². The van der Waals surface area contributed by atoms with Gasteiger partial charge in [-0.25, -0.2) is 18.3 Å². The Morgan fingerprint density at radius 1 is 1.24 bits per heavy atom. The third-order valence-corrected chi connectivity index (χ3v) is 5.66. The molecule has 128 valence electrons. The smallest absolute Gasteiger partial charge is 0.347 e. The molecule has 1 aromatic heterocycles. The van der Waals surface area contributed by atoms with E-state index in [2.05, 4.69) is 11.2 Å². The maximum atomic E-state index is 13.6. The molecule has 1 aromatic carbocycles. The summed E-state index contributed by atoms with van der Waals surface area (Å²) in [7, 11) is 0. The van der Waals surface area contributed by atoms with Crippen molar-refractivity contribution in [1.29, 1.82) is 5.26 Å². The Labute approximate surface area is 141 Å². The Morgan fingerprint density at radius 2 is 1.92 bits per heavy atom. The average molecular weight is 344 g/mol. The van der Waals surface area contributed by atoms with Crippen LogP contribution in [0.4, 0.5) is 8.78 Å². The van der Waals surface area contributed by atoms with Gasteiger partial charge in [0.05, 0.1) is 29.7 Å². The summed E-state index contributed by atoms with van der Waals surface area (Å²) in [5.41, 5.74) is -0.648. The normalized spacial score (nSPS) is 32.3. The number of hydrogen-bond acceptors (Lipinski definition) is 4. The lowest BCUT2D eigenvalue weighted by Gasteiger charge is -2.65. The Bertz CT molecular complexity index is 963. The van der Waals surface area contributed by atoms with Crippen molar-refractivity contribution in [2.75, 3.05) is 6.61 Å². The first-order valence-electron chi connectivity index (χ1n) is 8.11. The fourth-order valence-corrected chi connectivity index (χ4v) is 4.57. The van der Waals surface area contributed by atoms with Crippen LogP contribution in [0.5, 0.6) is 0 Å². The molecule has 1 aliphatic heterocycles. The molecule has 8 heteroatoms. The summed E-state index contributed by atoms with van der Waals surface area (Å²) in [6, 6.07) is 4.91. The number of halogens is 2. The van der Waals surface area contributed by atoms with Crippen molar-refractivity contribution in [2.45, 2.75) is 37.5 Å². The minimum atomic E-state index is -0.696. The highest BCUT2D eigenvalue weighted by Gasteiger charge is 2.71. The fourth-order valence-electron chi connectivity index (χ4n) is 4.57. The van der Waals surface area contributed by atoms with Crippen molar-refractivity contribution >= 4 is 0 Å². The first kappa shape index (κ1) is 14.8. The lowest BCUT2D eigenvalue weighted by Crippen LogP contribution is -2.69. The van der Waals surface area contributed by atoms with Crippen LogP contribution in [0.1, 0.15) is 36.7 Å². The van der Waals surface area contributed by atoms with Gasteiger partial charge in [0.2, 0.25) is 0 Å². The second-order valence-corrected chi connectivity index (χ2v) is 7.36. The number of nitrogens with zero attached hydrogens (tertiary/aromatic N) is 4. The Kier molecular flexibility index (Phi) is 2.69. The molecule has 1 atom stereocenters. The van der Waals surface area contributed by atoms with Crippen LogP contribution in [-0.2, 0) is 16.9 Å². The van der Waals surface area contributed by atoms with Crippen LogP contribution in [-0.4, -0.2) is 21.0 Å². The van der Waals surface area contributed by atoms with Gasteiger partial charge in [-0.2, -0.15) is 10.4 Å². The van der Waals surface area contributed by atoms with Gasteiger partial charge >= 0.3 is 5.69 Å². The fraction of sp³-hybridized carbons (Fsp3) is 0.471. The van der Waals surface area contributed by atoms with E-state index in [9.17, 15) is 13.6 Å². The van der Waals surface area contributed by atoms with Crippen LogP contribution in [0.2, 0.25) is 0 Å². The maximum Gasteiger partial charge on any atom is 0.347 e. The van der Waals surface area contributed by atoms with Crippen LogP contribution in [0.25, 0.3) is 0 Å². The Morgan fingerprint density at radius 3 is 2.56 bits per heavy atom. The number of aromatic nitrogens is 3. The number of ether oxygens (including phenoxy) is 1. The van der Waals surface area contributed by atoms with Crippen LogP contribution < -0.4 is 5.69 Å². The second kappa shape index (κ2) is 4.55. The summed E-state index contributed by atoms with van der Waals surface area (Å²) in [4.78, 5) is 13.0. The summed E-state index contributed by atoms with van der Waals surface area (Å²) < 4.78 is 35.6. The monoisotopic (exact) mass is 344 g/mol. The predicted octanol–water partition coefficient (Wildman–Crippen LogP) is 1.85. The van der Waals surface area contributed by atoms with E-state index >= 15 is 0 Å². The molecule has 2 aromatic rings. The van der Waals surface area contributed by atoms with Crippen LogP contribution in [0, 0.1) is 28.4 Å². The zero-order valence-electron chi connectivity index (χ0n) is 13.2. The van der Waals surface area contributed by atoms with E-state index in [1.807, 2.05) is 0 Å². The molecule has 4 aliphatic rings. The third kappa shape index (κ3) is 1.84. The van der Waals surface area contributed by atoms with E-state index in [1.54, 1.807) is 0 Å². The highest BCUT2D eigenvalue weighted by Crippen LogP contribution is 2.70. The van der Waals surface area contributed by atoms with Gasteiger partial charge in [0, 0.05) is 6.07 Å². The highest BCUT2D eigenvalue weighted by atomic mass is 19.1. The Hall–Kier alpha value is -2.53. The summed E-state index contributed by atoms with van der Waals surface area (Å²) in [5.74, 6) is -0.947. The molecule has 3 saturated carbocycles. The van der Waals surface area contributed by atoms with Gasteiger partial charge < -0.3 is 4.74 Å². The molecule has 0 saturated heterocycles. The van der Waals surface area contributed by atoms with Gasteiger partial charge in [-0.05, 0) is 37.0 Å². The molecule has 25 heavy (non-hydrogen) atoms. The summed E-state index contributed by atoms with van der Waals surface area (Å²) in [5, 5.41) is 13.6. The van der Waals surface area contributed by atoms with E-state index in [1.165, 1.54) is 21.4 Å². The van der Waals surface area contributed by atoms with Gasteiger partial charge in [0.1, 0.15) is 18.2 Å². The SMILES string of the molecule is N#CC12CC(n3nc4n(c3=O)[C@H](c3cc(F)cc(F)c3)COC4)(C1)C2. The minimum absolute atomic E-state index is 0.149. The van der Waals surface area contributed by atoms with E-state index in [-0.39, 0.29) is 29.9 Å². The first-order valence-corrected chi connectivity index (χ1v) is 8.11. The zero-order valence-corrected chi connectivity index (χ0v) is 13.2. The highest BCUT2D eigenvalue weighted by molar-refractivity contribution is 5.29. The third-order valence-electron chi connectivity index (χ3n) is 5.66. The van der Waals surface area contributed by atoms with Crippen molar-refractivity contribution in [3.8, 4) is 6.07 Å². The molecule has 3 aliphatic carbocycles. The molecule has 0 amide bonds. The van der Waals surface area contributed by atoms with Gasteiger partial charge in [0.15, 0.2) is 5.82 Å². The molecule has 6 rings (SSSR count). The standard InChI is InChI=1S/C17H14F2N4O2/c18-11-1-10(2-12(19)3-11)13-4-25-5-14-21-23(15(24)22(13)14)17-6-16(7-17,8-17)9-20/h1-3,13H,4-8H2/t13-,16?,17?/m0/s1. The first-order chi connectivity index (χ1) is 12.0. The molecule has 2 heterocycles. The average Bonchev–Trinajstić information content (AvgIpc) is 2.82. The molecule has 0 spiro atoms. The molecule has 6 nitrogen and oxygen atoms in total. The van der Waals surface area contributed by atoms with Gasteiger partial charge in [-0.15, -0.1) is 0 Å². The minimum Gasteiger partial charge on any atom is -0.371 e. The summed E-state index contributed by atoms with van der Waals surface area (Å²) >= 11 is 0. The van der Waals surface area contributed by atoms with Crippen molar-refractivity contribution in [3.63, 3.8) is 0 Å². The van der Waals surface area contributed by atoms with Crippen LogP contribution in [0.15, 0.2) is 23.0 Å². The van der Waals surface area contributed by atoms with E-state index < -0.39 is 17.7 Å². The van der Waals surface area contributed by atoms with E-state index in [4.69, 9.17) is 10.00 Å². The van der Waals surface area contributed by atoms with Gasteiger partial charge in [0.25, 0.3) is 0 Å². The lowest BCUT2D eigenvalue weighted by atomic mass is 9.40. The summed E-state index contributed by atoms with van der Waals surface area (Å²) in [6.45, 7) is 0.326. The van der Waals surface area contributed by atoms with Crippen molar-refractivity contribution < 1.29 is 13.5 Å². The van der Waals surface area contributed by atoms with Crippen molar-refractivity contribution in [1.82, 2.24) is 14.3 Å². The van der Waals surface area contributed by atoms with Crippen molar-refractivity contribution in [2.24, 2.45) is 5.41 Å². The van der Waals surface area contributed by atoms with Crippen LogP contribution >= 0.6 is 0 Å². The molecular weight excluding hydrogens is 330 g/mol. The zero-order chi connectivity index (χ0) is 17.4. The molecular formula is C17H14F2N4O2. The number of rotatable bonds is 2. The number of benzene rings is 1. The second-order valence-electron chi connectivity index (χ2n) is 7.36. The number of fused-ring (bicyclic) bond motifs is 1. The van der Waals surface area contributed by atoms with Gasteiger partial charge in [-0.1, -0.05) is 0 Å². The Balaban J connectivity index is 1.58. The topological polar surface area (TPSA) is 72.8 Å². The molecule has 0 unspecified atom stereocenters.